The number of nitrogens with zero attached hydrogens (tertiary/aromatic N) is 5. The second-order valence-electron chi connectivity index (χ2n) is 13.2. The largest absolute Gasteiger partial charge is 0.507 e. The first-order chi connectivity index (χ1) is 23.3. The predicted octanol–water partition coefficient (Wildman–Crippen LogP) is 5.29. The molecule has 10 nitrogen and oxygen atoms in total. The van der Waals surface area contributed by atoms with E-state index in [9.17, 15) is 14.7 Å². The molecule has 4 heterocycles. The van der Waals surface area contributed by atoms with Gasteiger partial charge in [0.05, 0.1) is 16.9 Å². The van der Waals surface area contributed by atoms with Gasteiger partial charge in [-0.15, -0.1) is 0 Å². The van der Waals surface area contributed by atoms with Crippen molar-refractivity contribution in [3.05, 3.63) is 93.6 Å². The number of carbonyl (C=O) groups excluding carboxylic acids is 2. The molecule has 1 unspecified atom stereocenters. The number of phenolic OH excluding ortho intramolecular Hbond substituents is 1. The normalized spacial score (nSPS) is 16.4. The summed E-state index contributed by atoms with van der Waals surface area (Å²) in [7, 11) is 3.72. The van der Waals surface area contributed by atoms with Gasteiger partial charge in [-0.3, -0.25) is 23.9 Å². The van der Waals surface area contributed by atoms with E-state index in [0.717, 1.165) is 6.07 Å². The highest BCUT2D eigenvalue weighted by Crippen LogP contribution is 2.41. The molecule has 0 bridgehead atoms. The molecule has 2 N–H and O–H groups in total. The molecule has 1 saturated heterocycles. The van der Waals surface area contributed by atoms with Crippen molar-refractivity contribution >= 4 is 22.8 Å². The molecule has 0 radical (unpaired) electrons. The standard InChI is InChI=1S/C37H42F2N6O4/c1-8-28(47)44-16-13-23(22(5)19-44)29-24-18-26(39)33(30-25(38)10-9-11-27(30)46)42-35(24)45(34-21(4)12-14-40-32(34)20(2)3)37(49)31(29)36(48)41-15-17-43(6)7/h8-12,14,18,20,22-23,46H,1,13,15-17,19H2,2-7H3,(H,41,48)/t22-,23?/m0/s1. The Morgan fingerprint density at radius 2 is 1.94 bits per heavy atom. The minimum absolute atomic E-state index is 0.0151. The zero-order valence-corrected chi connectivity index (χ0v) is 28.7. The number of aryl methyl sites for hydroxylation is 1. The Morgan fingerprint density at radius 3 is 2.57 bits per heavy atom. The smallest absolute Gasteiger partial charge is 0.270 e. The van der Waals surface area contributed by atoms with Crippen LogP contribution in [0.2, 0.25) is 0 Å². The number of piperidine rings is 1. The number of aromatic hydroxyl groups is 1. The minimum Gasteiger partial charge on any atom is -0.507 e. The molecule has 5 rings (SSSR count). The van der Waals surface area contributed by atoms with Crippen LogP contribution in [0.3, 0.4) is 0 Å². The van der Waals surface area contributed by atoms with Crippen LogP contribution in [0.15, 0.2) is 54.0 Å². The summed E-state index contributed by atoms with van der Waals surface area (Å²) < 4.78 is 32.8. The highest BCUT2D eigenvalue weighted by Gasteiger charge is 2.36. The van der Waals surface area contributed by atoms with Gasteiger partial charge in [0.1, 0.15) is 28.5 Å². The lowest BCUT2D eigenvalue weighted by molar-refractivity contribution is -0.127. The van der Waals surface area contributed by atoms with Crippen LogP contribution in [0.4, 0.5) is 8.78 Å². The van der Waals surface area contributed by atoms with E-state index in [1.165, 1.54) is 28.8 Å². The number of phenols is 1. The number of carbonyl (C=O) groups is 2. The molecule has 1 fully saturated rings. The molecular weight excluding hydrogens is 630 g/mol. The van der Waals surface area contributed by atoms with Crippen LogP contribution in [0.5, 0.6) is 5.75 Å². The number of aromatic nitrogens is 3. The SMILES string of the molecule is C=CC(=O)N1CCC(c2c(C(=O)NCCN(C)C)c(=O)n(-c3c(C)ccnc3C(C)C)c3nc(-c4c(O)cccc4F)c(F)cc23)[C@@H](C)C1. The molecule has 0 aliphatic carbocycles. The number of amides is 2. The van der Waals surface area contributed by atoms with Crippen LogP contribution >= 0.6 is 0 Å². The average Bonchev–Trinajstić information content (AvgIpc) is 3.04. The first kappa shape index (κ1) is 35.3. The second-order valence-corrected chi connectivity index (χ2v) is 13.2. The second kappa shape index (κ2) is 14.3. The van der Waals surface area contributed by atoms with E-state index in [2.05, 4.69) is 21.9 Å². The van der Waals surface area contributed by atoms with Gasteiger partial charge in [-0.05, 0) is 86.7 Å². The number of likely N-dealkylation sites (tertiary alicyclic amines) is 1. The topological polar surface area (TPSA) is 121 Å². The summed E-state index contributed by atoms with van der Waals surface area (Å²) in [6.45, 7) is 12.5. The van der Waals surface area contributed by atoms with Gasteiger partial charge < -0.3 is 20.2 Å². The highest BCUT2D eigenvalue weighted by molar-refractivity contribution is 6.01. The van der Waals surface area contributed by atoms with Gasteiger partial charge >= 0.3 is 0 Å². The Kier molecular flexibility index (Phi) is 10.3. The fraction of sp³-hybridized carbons (Fsp3) is 0.378. The van der Waals surface area contributed by atoms with Crippen LogP contribution in [-0.4, -0.2) is 81.5 Å². The van der Waals surface area contributed by atoms with Gasteiger partial charge in [-0.1, -0.05) is 33.4 Å². The van der Waals surface area contributed by atoms with Crippen molar-refractivity contribution in [1.29, 1.82) is 0 Å². The summed E-state index contributed by atoms with van der Waals surface area (Å²) in [5.41, 5.74) is 0.0697. The molecule has 1 aliphatic rings. The number of hydrogen-bond donors (Lipinski definition) is 2. The quantitative estimate of drug-likeness (QED) is 0.232. The van der Waals surface area contributed by atoms with E-state index in [1.807, 2.05) is 39.8 Å². The first-order valence-corrected chi connectivity index (χ1v) is 16.3. The number of likely N-dealkylation sites (N-methyl/N-ethyl adjacent to an activating group) is 1. The van der Waals surface area contributed by atoms with Gasteiger partial charge in [-0.25, -0.2) is 13.8 Å². The molecule has 49 heavy (non-hydrogen) atoms. The lowest BCUT2D eigenvalue weighted by atomic mass is 9.78. The van der Waals surface area contributed by atoms with Crippen molar-refractivity contribution in [3.63, 3.8) is 0 Å². The van der Waals surface area contributed by atoms with Gasteiger partial charge in [0.2, 0.25) is 5.91 Å². The highest BCUT2D eigenvalue weighted by atomic mass is 19.1. The lowest BCUT2D eigenvalue weighted by Gasteiger charge is -2.38. The van der Waals surface area contributed by atoms with Crippen molar-refractivity contribution < 1.29 is 23.5 Å². The van der Waals surface area contributed by atoms with Crippen molar-refractivity contribution in [2.24, 2.45) is 5.92 Å². The summed E-state index contributed by atoms with van der Waals surface area (Å²) >= 11 is 0. The van der Waals surface area contributed by atoms with Crippen LogP contribution in [0.1, 0.15) is 66.2 Å². The number of fused-ring (bicyclic) bond motifs is 1. The molecular formula is C37H42F2N6O4. The van der Waals surface area contributed by atoms with E-state index >= 15 is 13.6 Å². The number of halogens is 2. The van der Waals surface area contributed by atoms with E-state index in [0.29, 0.717) is 48.6 Å². The molecule has 12 heteroatoms. The third-order valence-corrected chi connectivity index (χ3v) is 9.13. The van der Waals surface area contributed by atoms with Crippen LogP contribution in [0.25, 0.3) is 28.0 Å². The molecule has 0 saturated carbocycles. The number of pyridine rings is 3. The third kappa shape index (κ3) is 6.69. The maximum atomic E-state index is 16.4. The Morgan fingerprint density at radius 1 is 1.20 bits per heavy atom. The Labute approximate surface area is 284 Å². The van der Waals surface area contributed by atoms with E-state index in [4.69, 9.17) is 0 Å². The lowest BCUT2D eigenvalue weighted by Crippen LogP contribution is -2.43. The molecule has 1 aromatic carbocycles. The minimum atomic E-state index is -0.947. The van der Waals surface area contributed by atoms with Crippen LogP contribution in [-0.2, 0) is 4.79 Å². The van der Waals surface area contributed by atoms with Crippen molar-refractivity contribution in [2.45, 2.75) is 46.0 Å². The average molecular weight is 673 g/mol. The maximum absolute atomic E-state index is 16.4. The zero-order chi connectivity index (χ0) is 35.7. The van der Waals surface area contributed by atoms with E-state index in [1.54, 1.807) is 24.1 Å². The third-order valence-electron chi connectivity index (χ3n) is 9.13. The van der Waals surface area contributed by atoms with Crippen molar-refractivity contribution in [2.75, 3.05) is 40.3 Å². The Bertz CT molecular complexity index is 1990. The summed E-state index contributed by atoms with van der Waals surface area (Å²) in [5, 5.41) is 13.7. The van der Waals surface area contributed by atoms with Gasteiger partial charge in [0.25, 0.3) is 11.5 Å². The Hall–Kier alpha value is -4.97. The molecule has 4 aromatic rings. The number of benzene rings is 1. The fourth-order valence-corrected chi connectivity index (χ4v) is 6.71. The zero-order valence-electron chi connectivity index (χ0n) is 28.7. The van der Waals surface area contributed by atoms with Crippen LogP contribution < -0.4 is 10.9 Å². The van der Waals surface area contributed by atoms with Crippen molar-refractivity contribution in [3.8, 4) is 22.7 Å². The monoisotopic (exact) mass is 672 g/mol. The summed E-state index contributed by atoms with van der Waals surface area (Å²) in [6.07, 6.45) is 3.24. The summed E-state index contributed by atoms with van der Waals surface area (Å²) in [5.74, 6) is -4.11. The molecule has 3 aromatic heterocycles. The van der Waals surface area contributed by atoms with Gasteiger partial charge in [0, 0.05) is 37.8 Å². The summed E-state index contributed by atoms with van der Waals surface area (Å²) in [6, 6.07) is 6.50. The fourth-order valence-electron chi connectivity index (χ4n) is 6.71. The molecule has 258 valence electrons. The number of hydrogen-bond acceptors (Lipinski definition) is 7. The van der Waals surface area contributed by atoms with Gasteiger partial charge in [0.15, 0.2) is 5.82 Å². The first-order valence-electron chi connectivity index (χ1n) is 16.3. The predicted molar refractivity (Wildman–Crippen MR) is 185 cm³/mol. The van der Waals surface area contributed by atoms with E-state index in [-0.39, 0.29) is 40.9 Å². The molecule has 1 aliphatic heterocycles. The maximum Gasteiger partial charge on any atom is 0.270 e. The molecule has 2 atom stereocenters. The van der Waals surface area contributed by atoms with E-state index < -0.39 is 46.0 Å². The van der Waals surface area contributed by atoms with Gasteiger partial charge in [-0.2, -0.15) is 0 Å². The Balaban J connectivity index is 1.93. The molecule has 0 spiro atoms. The number of nitrogens with one attached hydrogen (secondary N) is 1. The number of rotatable bonds is 9. The summed E-state index contributed by atoms with van der Waals surface area (Å²) in [4.78, 5) is 54.5. The van der Waals surface area contributed by atoms with Crippen LogP contribution in [0, 0.1) is 24.5 Å². The van der Waals surface area contributed by atoms with Crippen molar-refractivity contribution in [1.82, 2.24) is 29.7 Å². The molecule has 2 amide bonds.